The molecule has 0 radical (unpaired) electrons. The smallest absolute Gasteiger partial charge is 0.315 e. The molecule has 1 aliphatic carbocycles. The molecule has 0 aromatic heterocycles. The van der Waals surface area contributed by atoms with Gasteiger partial charge in [0, 0.05) is 12.6 Å². The fourth-order valence-electron chi connectivity index (χ4n) is 2.72. The molecule has 0 bridgehead atoms. The molecule has 1 aromatic rings. The maximum Gasteiger partial charge on any atom is 0.315 e. The first-order chi connectivity index (χ1) is 9.65. The molecule has 1 aliphatic rings. The molecule has 0 heterocycles. The van der Waals surface area contributed by atoms with Crippen LogP contribution in [0.2, 0.25) is 0 Å². The fourth-order valence-corrected chi connectivity index (χ4v) is 2.72. The molecule has 0 aliphatic heterocycles. The van der Waals surface area contributed by atoms with Crippen LogP contribution in [0.4, 0.5) is 9.18 Å². The van der Waals surface area contributed by atoms with Crippen molar-refractivity contribution >= 4 is 6.03 Å². The van der Waals surface area contributed by atoms with Crippen molar-refractivity contribution in [2.24, 2.45) is 5.92 Å². The second kappa shape index (κ2) is 7.27. The van der Waals surface area contributed by atoms with Crippen molar-refractivity contribution in [2.75, 3.05) is 6.54 Å². The van der Waals surface area contributed by atoms with E-state index in [1.54, 1.807) is 12.1 Å². The number of nitrogens with one attached hydrogen (secondary N) is 2. The summed E-state index contributed by atoms with van der Waals surface area (Å²) >= 11 is 0. The number of carbonyl (C=O) groups excluding carboxylic acids is 1. The Labute approximate surface area is 120 Å². The molecular formula is C16H23FN2O. The van der Waals surface area contributed by atoms with E-state index in [9.17, 15) is 9.18 Å². The monoisotopic (exact) mass is 278 g/mol. The molecule has 2 unspecified atom stereocenters. The summed E-state index contributed by atoms with van der Waals surface area (Å²) in [5.74, 6) is 0.331. The Hall–Kier alpha value is -1.58. The van der Waals surface area contributed by atoms with Crippen molar-refractivity contribution in [3.05, 3.63) is 35.6 Å². The van der Waals surface area contributed by atoms with Crippen LogP contribution in [0.5, 0.6) is 0 Å². The second-order valence-electron chi connectivity index (χ2n) is 5.64. The number of hydrogen-bond donors (Lipinski definition) is 2. The minimum absolute atomic E-state index is 0.0918. The highest BCUT2D eigenvalue weighted by Gasteiger charge is 2.22. The fraction of sp³-hybridized carbons (Fsp3) is 0.562. The van der Waals surface area contributed by atoms with Gasteiger partial charge >= 0.3 is 6.03 Å². The maximum absolute atomic E-state index is 12.8. The van der Waals surface area contributed by atoms with Gasteiger partial charge in [0.1, 0.15) is 5.82 Å². The first-order valence-electron chi connectivity index (χ1n) is 7.44. The van der Waals surface area contributed by atoms with Gasteiger partial charge in [-0.2, -0.15) is 0 Å². The third-order valence-corrected chi connectivity index (χ3v) is 4.04. The lowest BCUT2D eigenvalue weighted by Crippen LogP contribution is -2.46. The summed E-state index contributed by atoms with van der Waals surface area (Å²) in [5, 5.41) is 5.92. The van der Waals surface area contributed by atoms with Crippen LogP contribution in [0.15, 0.2) is 24.3 Å². The summed E-state index contributed by atoms with van der Waals surface area (Å²) in [6.45, 7) is 2.77. The summed E-state index contributed by atoms with van der Waals surface area (Å²) in [7, 11) is 0. The van der Waals surface area contributed by atoms with Crippen molar-refractivity contribution in [1.82, 2.24) is 10.6 Å². The molecule has 2 rings (SSSR count). The van der Waals surface area contributed by atoms with Crippen molar-refractivity contribution in [1.29, 1.82) is 0 Å². The highest BCUT2D eigenvalue weighted by Crippen LogP contribution is 2.23. The first kappa shape index (κ1) is 14.8. The Balaban J connectivity index is 1.68. The van der Waals surface area contributed by atoms with Gasteiger partial charge in [0.2, 0.25) is 0 Å². The largest absolute Gasteiger partial charge is 0.338 e. The van der Waals surface area contributed by atoms with Gasteiger partial charge in [-0.05, 0) is 42.9 Å². The van der Waals surface area contributed by atoms with Gasteiger partial charge in [0.25, 0.3) is 0 Å². The van der Waals surface area contributed by atoms with E-state index in [-0.39, 0.29) is 11.8 Å². The van der Waals surface area contributed by atoms with E-state index in [0.29, 0.717) is 24.9 Å². The van der Waals surface area contributed by atoms with Gasteiger partial charge in [-0.1, -0.05) is 31.9 Å². The zero-order valence-corrected chi connectivity index (χ0v) is 12.0. The summed E-state index contributed by atoms with van der Waals surface area (Å²) < 4.78 is 12.8. The lowest BCUT2D eigenvalue weighted by atomic mass is 9.86. The molecule has 110 valence electrons. The topological polar surface area (TPSA) is 41.1 Å². The Morgan fingerprint density at radius 2 is 1.95 bits per heavy atom. The molecule has 2 N–H and O–H groups in total. The Kier molecular flexibility index (Phi) is 5.39. The number of benzene rings is 1. The van der Waals surface area contributed by atoms with Crippen molar-refractivity contribution in [2.45, 2.75) is 45.1 Å². The average Bonchev–Trinajstić information content (AvgIpc) is 2.44. The van der Waals surface area contributed by atoms with E-state index < -0.39 is 0 Å². The van der Waals surface area contributed by atoms with Gasteiger partial charge in [0.15, 0.2) is 0 Å². The number of amides is 2. The van der Waals surface area contributed by atoms with Gasteiger partial charge in [-0.25, -0.2) is 9.18 Å². The van der Waals surface area contributed by atoms with Crippen LogP contribution in [0.1, 0.15) is 38.2 Å². The number of halogens is 1. The predicted octanol–water partition coefficient (Wildman–Crippen LogP) is 3.25. The lowest BCUT2D eigenvalue weighted by molar-refractivity contribution is 0.222. The quantitative estimate of drug-likeness (QED) is 0.872. The third-order valence-electron chi connectivity index (χ3n) is 4.04. The molecule has 1 fully saturated rings. The van der Waals surface area contributed by atoms with Crippen LogP contribution in [0.3, 0.4) is 0 Å². The SMILES string of the molecule is CC1CCCCC1NC(=O)NCCc1ccc(F)cc1. The summed E-state index contributed by atoms with van der Waals surface area (Å²) in [4.78, 5) is 11.8. The maximum atomic E-state index is 12.8. The number of urea groups is 1. The Bertz CT molecular complexity index is 433. The molecule has 0 saturated heterocycles. The number of hydrogen-bond acceptors (Lipinski definition) is 1. The van der Waals surface area contributed by atoms with Crippen LogP contribution in [-0.2, 0) is 6.42 Å². The predicted molar refractivity (Wildman–Crippen MR) is 78.1 cm³/mol. The third kappa shape index (κ3) is 4.51. The summed E-state index contributed by atoms with van der Waals surface area (Å²) in [5.41, 5.74) is 1.03. The van der Waals surface area contributed by atoms with E-state index in [2.05, 4.69) is 17.6 Å². The van der Waals surface area contributed by atoms with Crippen LogP contribution in [-0.4, -0.2) is 18.6 Å². The highest BCUT2D eigenvalue weighted by atomic mass is 19.1. The van der Waals surface area contributed by atoms with E-state index in [4.69, 9.17) is 0 Å². The molecule has 0 spiro atoms. The minimum atomic E-state index is -0.231. The standard InChI is InChI=1S/C16H23FN2O/c1-12-4-2-3-5-15(12)19-16(20)18-11-10-13-6-8-14(17)9-7-13/h6-9,12,15H,2-5,10-11H2,1H3,(H2,18,19,20). The highest BCUT2D eigenvalue weighted by molar-refractivity contribution is 5.74. The molecule has 1 aromatic carbocycles. The summed E-state index contributed by atoms with van der Waals surface area (Å²) in [6, 6.07) is 6.59. The van der Waals surface area contributed by atoms with Crippen molar-refractivity contribution in [3.8, 4) is 0 Å². The zero-order valence-electron chi connectivity index (χ0n) is 12.0. The molecule has 2 amide bonds. The van der Waals surface area contributed by atoms with Gasteiger partial charge in [-0.15, -0.1) is 0 Å². The molecular weight excluding hydrogens is 255 g/mol. The van der Waals surface area contributed by atoms with E-state index >= 15 is 0 Å². The van der Waals surface area contributed by atoms with Crippen molar-refractivity contribution in [3.63, 3.8) is 0 Å². The second-order valence-corrected chi connectivity index (χ2v) is 5.64. The minimum Gasteiger partial charge on any atom is -0.338 e. The number of rotatable bonds is 4. The van der Waals surface area contributed by atoms with Gasteiger partial charge in [0.05, 0.1) is 0 Å². The normalized spacial score (nSPS) is 22.3. The molecule has 4 heteroatoms. The zero-order chi connectivity index (χ0) is 14.4. The van der Waals surface area contributed by atoms with Crippen LogP contribution in [0, 0.1) is 11.7 Å². The van der Waals surface area contributed by atoms with Gasteiger partial charge in [-0.3, -0.25) is 0 Å². The first-order valence-corrected chi connectivity index (χ1v) is 7.44. The molecule has 1 saturated carbocycles. The lowest BCUT2D eigenvalue weighted by Gasteiger charge is -2.29. The van der Waals surface area contributed by atoms with E-state index in [1.165, 1.54) is 31.4 Å². The van der Waals surface area contributed by atoms with Crippen LogP contribution < -0.4 is 10.6 Å². The average molecular weight is 278 g/mol. The Morgan fingerprint density at radius 3 is 2.65 bits per heavy atom. The van der Waals surface area contributed by atoms with Crippen molar-refractivity contribution < 1.29 is 9.18 Å². The Morgan fingerprint density at radius 1 is 1.25 bits per heavy atom. The molecule has 20 heavy (non-hydrogen) atoms. The van der Waals surface area contributed by atoms with E-state index in [1.807, 2.05) is 0 Å². The molecule has 3 nitrogen and oxygen atoms in total. The van der Waals surface area contributed by atoms with E-state index in [0.717, 1.165) is 12.0 Å². The number of carbonyl (C=O) groups is 1. The molecule has 2 atom stereocenters. The summed E-state index contributed by atoms with van der Waals surface area (Å²) in [6.07, 6.45) is 5.46. The van der Waals surface area contributed by atoms with Gasteiger partial charge < -0.3 is 10.6 Å². The van der Waals surface area contributed by atoms with Crippen LogP contribution >= 0.6 is 0 Å². The van der Waals surface area contributed by atoms with Crippen LogP contribution in [0.25, 0.3) is 0 Å².